The standard InChI is InChI=1S/C18H21NO3/c1-12-9-13(2)11-14(10-12)19-18(20)17(22-4)15-7-5-6-8-16(15)21-3/h5-11,17H,1-4H3,(H,19,20). The van der Waals surface area contributed by atoms with Crippen molar-refractivity contribution in [3.05, 3.63) is 59.2 Å². The minimum Gasteiger partial charge on any atom is -0.496 e. The van der Waals surface area contributed by atoms with E-state index in [1.807, 2.05) is 50.2 Å². The number of para-hydroxylation sites is 1. The maximum atomic E-state index is 12.5. The van der Waals surface area contributed by atoms with Gasteiger partial charge in [-0.25, -0.2) is 0 Å². The molecule has 0 saturated carbocycles. The van der Waals surface area contributed by atoms with Gasteiger partial charge in [0.1, 0.15) is 5.75 Å². The number of hydrogen-bond acceptors (Lipinski definition) is 3. The molecule has 1 amide bonds. The molecule has 0 bridgehead atoms. The second kappa shape index (κ2) is 7.09. The number of nitrogens with one attached hydrogen (secondary N) is 1. The molecule has 2 aromatic carbocycles. The molecule has 0 spiro atoms. The second-order valence-electron chi connectivity index (χ2n) is 5.22. The first-order chi connectivity index (χ1) is 10.5. The van der Waals surface area contributed by atoms with Crippen LogP contribution in [0.2, 0.25) is 0 Å². The van der Waals surface area contributed by atoms with Crippen molar-refractivity contribution >= 4 is 11.6 Å². The zero-order valence-electron chi connectivity index (χ0n) is 13.3. The fourth-order valence-electron chi connectivity index (χ4n) is 2.51. The molecule has 0 radical (unpaired) electrons. The van der Waals surface area contributed by atoms with Crippen LogP contribution in [0.4, 0.5) is 5.69 Å². The van der Waals surface area contributed by atoms with Crippen molar-refractivity contribution in [2.45, 2.75) is 20.0 Å². The minimum atomic E-state index is -0.725. The molecule has 4 nitrogen and oxygen atoms in total. The molecular formula is C18H21NO3. The fraction of sp³-hybridized carbons (Fsp3) is 0.278. The van der Waals surface area contributed by atoms with Crippen LogP contribution < -0.4 is 10.1 Å². The van der Waals surface area contributed by atoms with Crippen LogP contribution in [0.1, 0.15) is 22.8 Å². The van der Waals surface area contributed by atoms with Gasteiger partial charge < -0.3 is 14.8 Å². The molecule has 0 saturated heterocycles. The van der Waals surface area contributed by atoms with Crippen LogP contribution in [0, 0.1) is 13.8 Å². The molecule has 0 aliphatic carbocycles. The summed E-state index contributed by atoms with van der Waals surface area (Å²) in [5.74, 6) is 0.405. The molecule has 2 aromatic rings. The van der Waals surface area contributed by atoms with Crippen LogP contribution in [-0.4, -0.2) is 20.1 Å². The van der Waals surface area contributed by atoms with E-state index < -0.39 is 6.10 Å². The normalized spacial score (nSPS) is 11.8. The average Bonchev–Trinajstić information content (AvgIpc) is 2.47. The summed E-state index contributed by atoms with van der Waals surface area (Å²) in [6, 6.07) is 13.3. The number of methoxy groups -OCH3 is 2. The van der Waals surface area contributed by atoms with Crippen molar-refractivity contribution in [2.24, 2.45) is 0 Å². The first kappa shape index (κ1) is 16.0. The molecular weight excluding hydrogens is 278 g/mol. The summed E-state index contributed by atoms with van der Waals surface area (Å²) in [5, 5.41) is 2.90. The topological polar surface area (TPSA) is 47.6 Å². The van der Waals surface area contributed by atoms with Crippen LogP contribution in [0.15, 0.2) is 42.5 Å². The summed E-state index contributed by atoms with van der Waals surface area (Å²) in [6.45, 7) is 3.99. The van der Waals surface area contributed by atoms with Crippen LogP contribution in [-0.2, 0) is 9.53 Å². The number of anilines is 1. The predicted octanol–water partition coefficient (Wildman–Crippen LogP) is 3.64. The third-order valence-electron chi connectivity index (χ3n) is 3.38. The lowest BCUT2D eigenvalue weighted by molar-refractivity contribution is -0.126. The summed E-state index contributed by atoms with van der Waals surface area (Å²) < 4.78 is 10.7. The molecule has 2 rings (SSSR count). The zero-order chi connectivity index (χ0) is 16.1. The minimum absolute atomic E-state index is 0.225. The van der Waals surface area contributed by atoms with Gasteiger partial charge in [-0.3, -0.25) is 4.79 Å². The van der Waals surface area contributed by atoms with Gasteiger partial charge in [0.15, 0.2) is 6.10 Å². The summed E-state index contributed by atoms with van der Waals surface area (Å²) >= 11 is 0. The van der Waals surface area contributed by atoms with Gasteiger partial charge in [-0.05, 0) is 43.2 Å². The number of carbonyl (C=O) groups is 1. The van der Waals surface area contributed by atoms with E-state index in [1.54, 1.807) is 7.11 Å². The van der Waals surface area contributed by atoms with Gasteiger partial charge in [0.2, 0.25) is 0 Å². The zero-order valence-corrected chi connectivity index (χ0v) is 13.3. The number of amides is 1. The monoisotopic (exact) mass is 299 g/mol. The van der Waals surface area contributed by atoms with E-state index in [2.05, 4.69) is 11.4 Å². The highest BCUT2D eigenvalue weighted by Crippen LogP contribution is 2.28. The fourth-order valence-corrected chi connectivity index (χ4v) is 2.51. The Labute approximate surface area is 131 Å². The lowest BCUT2D eigenvalue weighted by Gasteiger charge is -2.18. The maximum absolute atomic E-state index is 12.5. The maximum Gasteiger partial charge on any atom is 0.258 e. The molecule has 0 aliphatic rings. The van der Waals surface area contributed by atoms with Crippen molar-refractivity contribution in [3.8, 4) is 5.75 Å². The van der Waals surface area contributed by atoms with Crippen LogP contribution in [0.5, 0.6) is 5.75 Å². The quantitative estimate of drug-likeness (QED) is 0.917. The smallest absolute Gasteiger partial charge is 0.258 e. The Morgan fingerprint density at radius 3 is 2.27 bits per heavy atom. The molecule has 1 atom stereocenters. The Hall–Kier alpha value is -2.33. The Morgan fingerprint density at radius 1 is 1.05 bits per heavy atom. The first-order valence-electron chi connectivity index (χ1n) is 7.10. The number of hydrogen-bond donors (Lipinski definition) is 1. The largest absolute Gasteiger partial charge is 0.496 e. The Balaban J connectivity index is 2.25. The van der Waals surface area contributed by atoms with Crippen molar-refractivity contribution in [1.82, 2.24) is 0 Å². The average molecular weight is 299 g/mol. The van der Waals surface area contributed by atoms with Crippen molar-refractivity contribution < 1.29 is 14.3 Å². The van der Waals surface area contributed by atoms with E-state index >= 15 is 0 Å². The highest BCUT2D eigenvalue weighted by molar-refractivity contribution is 5.95. The Bertz CT molecular complexity index is 647. The molecule has 116 valence electrons. The van der Waals surface area contributed by atoms with E-state index in [0.717, 1.165) is 16.8 Å². The molecule has 1 unspecified atom stereocenters. The van der Waals surface area contributed by atoms with E-state index in [1.165, 1.54) is 7.11 Å². The van der Waals surface area contributed by atoms with Gasteiger partial charge in [0.25, 0.3) is 5.91 Å². The second-order valence-corrected chi connectivity index (χ2v) is 5.22. The SMILES string of the molecule is COc1ccccc1C(OC)C(=O)Nc1cc(C)cc(C)c1. The first-order valence-corrected chi connectivity index (χ1v) is 7.10. The van der Waals surface area contributed by atoms with Gasteiger partial charge >= 0.3 is 0 Å². The summed E-state index contributed by atoms with van der Waals surface area (Å²) in [6.07, 6.45) is -0.725. The highest BCUT2D eigenvalue weighted by atomic mass is 16.5. The summed E-state index contributed by atoms with van der Waals surface area (Å²) in [7, 11) is 3.09. The van der Waals surface area contributed by atoms with Gasteiger partial charge in [-0.2, -0.15) is 0 Å². The van der Waals surface area contributed by atoms with Crippen molar-refractivity contribution in [1.29, 1.82) is 0 Å². The third-order valence-corrected chi connectivity index (χ3v) is 3.38. The van der Waals surface area contributed by atoms with E-state index in [0.29, 0.717) is 11.3 Å². The third kappa shape index (κ3) is 3.65. The molecule has 0 aliphatic heterocycles. The number of benzene rings is 2. The predicted molar refractivity (Wildman–Crippen MR) is 87.3 cm³/mol. The van der Waals surface area contributed by atoms with E-state index in [4.69, 9.17) is 9.47 Å². The lowest BCUT2D eigenvalue weighted by atomic mass is 10.1. The lowest BCUT2D eigenvalue weighted by Crippen LogP contribution is -2.23. The Kier molecular flexibility index (Phi) is 5.17. The van der Waals surface area contributed by atoms with Crippen LogP contribution in [0.3, 0.4) is 0 Å². The highest BCUT2D eigenvalue weighted by Gasteiger charge is 2.23. The van der Waals surface area contributed by atoms with Gasteiger partial charge in [-0.15, -0.1) is 0 Å². The van der Waals surface area contributed by atoms with Crippen LogP contribution >= 0.6 is 0 Å². The number of rotatable bonds is 5. The number of aryl methyl sites for hydroxylation is 2. The Morgan fingerprint density at radius 2 is 1.68 bits per heavy atom. The molecule has 22 heavy (non-hydrogen) atoms. The summed E-state index contributed by atoms with van der Waals surface area (Å²) in [5.41, 5.74) is 3.66. The van der Waals surface area contributed by atoms with Crippen molar-refractivity contribution in [3.63, 3.8) is 0 Å². The van der Waals surface area contributed by atoms with Gasteiger partial charge in [0.05, 0.1) is 7.11 Å². The molecule has 4 heteroatoms. The number of carbonyl (C=O) groups excluding carboxylic acids is 1. The number of ether oxygens (including phenoxy) is 2. The molecule has 0 aromatic heterocycles. The molecule has 0 heterocycles. The van der Waals surface area contributed by atoms with Gasteiger partial charge in [-0.1, -0.05) is 24.3 Å². The van der Waals surface area contributed by atoms with Gasteiger partial charge in [0, 0.05) is 18.4 Å². The molecule has 1 N–H and O–H groups in total. The molecule has 0 fully saturated rings. The van der Waals surface area contributed by atoms with Crippen molar-refractivity contribution in [2.75, 3.05) is 19.5 Å². The van der Waals surface area contributed by atoms with E-state index in [-0.39, 0.29) is 5.91 Å². The van der Waals surface area contributed by atoms with Crippen LogP contribution in [0.25, 0.3) is 0 Å². The summed E-state index contributed by atoms with van der Waals surface area (Å²) in [4.78, 5) is 12.5. The van der Waals surface area contributed by atoms with E-state index in [9.17, 15) is 4.79 Å².